The molecule has 0 spiro atoms. The van der Waals surface area contributed by atoms with Crippen molar-refractivity contribution in [3.05, 3.63) is 66.2 Å². The summed E-state index contributed by atoms with van der Waals surface area (Å²) in [6.07, 6.45) is 0. The number of rotatable bonds is 3. The summed E-state index contributed by atoms with van der Waals surface area (Å²) in [6.45, 7) is 6.33. The van der Waals surface area contributed by atoms with Gasteiger partial charge in [0.1, 0.15) is 5.82 Å². The number of aryl methyl sites for hydroxylation is 1. The first-order valence-corrected chi connectivity index (χ1v) is 8.84. The average molecular weight is 347 g/mol. The molecular formula is C20H21N5O. The summed E-state index contributed by atoms with van der Waals surface area (Å²) >= 11 is 0. The lowest BCUT2D eigenvalue weighted by molar-refractivity contribution is 0.0976. The summed E-state index contributed by atoms with van der Waals surface area (Å²) in [5.41, 5.74) is 2.89. The third-order valence-electron chi connectivity index (χ3n) is 4.69. The van der Waals surface area contributed by atoms with E-state index in [0.29, 0.717) is 12.4 Å². The molecule has 2 aromatic carbocycles. The summed E-state index contributed by atoms with van der Waals surface area (Å²) in [7, 11) is 0. The average Bonchev–Trinajstić information content (AvgIpc) is 3.09. The molecule has 0 fully saturated rings. The second kappa shape index (κ2) is 6.63. The molecule has 6 heteroatoms. The van der Waals surface area contributed by atoms with Crippen molar-refractivity contribution < 1.29 is 4.79 Å². The van der Waals surface area contributed by atoms with Gasteiger partial charge >= 0.3 is 0 Å². The Morgan fingerprint density at radius 3 is 2.42 bits per heavy atom. The van der Waals surface area contributed by atoms with Gasteiger partial charge in [-0.2, -0.15) is 0 Å². The van der Waals surface area contributed by atoms with Crippen molar-refractivity contribution in [2.24, 2.45) is 0 Å². The van der Waals surface area contributed by atoms with Gasteiger partial charge in [0, 0.05) is 19.6 Å². The zero-order valence-electron chi connectivity index (χ0n) is 15.0. The van der Waals surface area contributed by atoms with Crippen molar-refractivity contribution in [1.82, 2.24) is 14.8 Å². The molecule has 4 rings (SSSR count). The van der Waals surface area contributed by atoms with Crippen LogP contribution >= 0.6 is 0 Å². The van der Waals surface area contributed by atoms with Crippen LogP contribution in [-0.2, 0) is 0 Å². The van der Waals surface area contributed by atoms with E-state index >= 15 is 0 Å². The van der Waals surface area contributed by atoms with E-state index in [9.17, 15) is 4.79 Å². The van der Waals surface area contributed by atoms with Crippen molar-refractivity contribution in [3.8, 4) is 5.69 Å². The van der Waals surface area contributed by atoms with Gasteiger partial charge in [-0.25, -0.2) is 9.67 Å². The number of fused-ring (bicyclic) bond motifs is 1. The summed E-state index contributed by atoms with van der Waals surface area (Å²) in [4.78, 5) is 21.6. The van der Waals surface area contributed by atoms with Crippen LogP contribution in [0.5, 0.6) is 0 Å². The van der Waals surface area contributed by atoms with Crippen LogP contribution in [-0.4, -0.2) is 40.3 Å². The number of para-hydroxylation sites is 3. The highest BCUT2D eigenvalue weighted by Gasteiger charge is 2.29. The Kier molecular flexibility index (Phi) is 4.16. The number of carbonyl (C=O) groups excluding carboxylic acids is 1. The Hall–Kier alpha value is -3.15. The number of likely N-dealkylation sites (N-methyl/N-ethyl adjacent to an activating group) is 1. The zero-order valence-corrected chi connectivity index (χ0v) is 15.0. The van der Waals surface area contributed by atoms with Crippen LogP contribution in [0.25, 0.3) is 5.69 Å². The van der Waals surface area contributed by atoms with Crippen LogP contribution in [0.15, 0.2) is 54.6 Å². The SMILES string of the molecule is CCN1CCN(C(=O)c2nc(C)n(-c3ccccc3)n2)c2ccccc21. The predicted octanol–water partition coefficient (Wildman–Crippen LogP) is 3.06. The van der Waals surface area contributed by atoms with E-state index in [1.807, 2.05) is 55.5 Å². The second-order valence-corrected chi connectivity index (χ2v) is 6.26. The molecule has 1 aliphatic heterocycles. The van der Waals surface area contributed by atoms with Gasteiger partial charge < -0.3 is 9.80 Å². The highest BCUT2D eigenvalue weighted by Crippen LogP contribution is 2.33. The van der Waals surface area contributed by atoms with Crippen LogP contribution in [0.4, 0.5) is 11.4 Å². The molecule has 1 aromatic heterocycles. The largest absolute Gasteiger partial charge is 0.368 e. The Morgan fingerprint density at radius 2 is 1.69 bits per heavy atom. The number of hydrogen-bond acceptors (Lipinski definition) is 4. The fourth-order valence-corrected chi connectivity index (χ4v) is 3.38. The number of hydrogen-bond donors (Lipinski definition) is 0. The molecule has 1 aliphatic rings. The maximum absolute atomic E-state index is 13.1. The molecule has 3 aromatic rings. The molecule has 0 aliphatic carbocycles. The summed E-state index contributed by atoms with van der Waals surface area (Å²) < 4.78 is 1.71. The number of anilines is 2. The maximum Gasteiger partial charge on any atom is 0.298 e. The molecule has 1 amide bonds. The molecule has 0 bridgehead atoms. The number of amides is 1. The van der Waals surface area contributed by atoms with Crippen LogP contribution < -0.4 is 9.80 Å². The van der Waals surface area contributed by atoms with Crippen LogP contribution in [0.2, 0.25) is 0 Å². The van der Waals surface area contributed by atoms with Crippen molar-refractivity contribution >= 4 is 17.3 Å². The minimum atomic E-state index is -0.161. The topological polar surface area (TPSA) is 54.3 Å². The summed E-state index contributed by atoms with van der Waals surface area (Å²) in [6, 6.07) is 17.7. The van der Waals surface area contributed by atoms with Gasteiger partial charge in [-0.1, -0.05) is 30.3 Å². The molecule has 132 valence electrons. The first kappa shape index (κ1) is 16.3. The number of nitrogens with zero attached hydrogens (tertiary/aromatic N) is 5. The molecule has 0 unspecified atom stereocenters. The molecule has 0 radical (unpaired) electrons. The lowest BCUT2D eigenvalue weighted by Gasteiger charge is -2.36. The first-order chi connectivity index (χ1) is 12.7. The van der Waals surface area contributed by atoms with Crippen LogP contribution in [0.3, 0.4) is 0 Å². The first-order valence-electron chi connectivity index (χ1n) is 8.84. The standard InChI is InChI=1S/C20H21N5O/c1-3-23-13-14-24(18-12-8-7-11-17(18)23)20(26)19-21-15(2)25(22-19)16-9-5-4-6-10-16/h4-12H,3,13-14H2,1-2H3. The van der Waals surface area contributed by atoms with Gasteiger partial charge in [0.05, 0.1) is 17.1 Å². The van der Waals surface area contributed by atoms with Gasteiger partial charge in [0.2, 0.25) is 5.82 Å². The summed E-state index contributed by atoms with van der Waals surface area (Å²) in [5.74, 6) is 0.761. The minimum Gasteiger partial charge on any atom is -0.368 e. The van der Waals surface area contributed by atoms with Crippen molar-refractivity contribution in [2.75, 3.05) is 29.4 Å². The lowest BCUT2D eigenvalue weighted by Crippen LogP contribution is -2.44. The van der Waals surface area contributed by atoms with E-state index in [-0.39, 0.29) is 11.7 Å². The summed E-state index contributed by atoms with van der Waals surface area (Å²) in [5, 5.41) is 4.47. The highest BCUT2D eigenvalue weighted by molar-refractivity contribution is 6.06. The van der Waals surface area contributed by atoms with Gasteiger partial charge in [-0.15, -0.1) is 5.10 Å². The fourth-order valence-electron chi connectivity index (χ4n) is 3.38. The van der Waals surface area contributed by atoms with E-state index in [1.165, 1.54) is 0 Å². The van der Waals surface area contributed by atoms with Crippen LogP contribution in [0, 0.1) is 6.92 Å². The van der Waals surface area contributed by atoms with E-state index in [1.54, 1.807) is 9.58 Å². The Morgan fingerprint density at radius 1 is 1.00 bits per heavy atom. The zero-order chi connectivity index (χ0) is 18.1. The number of aromatic nitrogens is 3. The minimum absolute atomic E-state index is 0.161. The van der Waals surface area contributed by atoms with E-state index in [4.69, 9.17) is 0 Å². The molecular weight excluding hydrogens is 326 g/mol. The highest BCUT2D eigenvalue weighted by atomic mass is 16.2. The monoisotopic (exact) mass is 347 g/mol. The third-order valence-corrected chi connectivity index (χ3v) is 4.69. The van der Waals surface area contributed by atoms with Crippen LogP contribution in [0.1, 0.15) is 23.4 Å². The van der Waals surface area contributed by atoms with Gasteiger partial charge in [0.15, 0.2) is 0 Å². The fraction of sp³-hybridized carbons (Fsp3) is 0.250. The lowest BCUT2D eigenvalue weighted by atomic mass is 10.1. The van der Waals surface area contributed by atoms with Crippen molar-refractivity contribution in [3.63, 3.8) is 0 Å². The maximum atomic E-state index is 13.1. The van der Waals surface area contributed by atoms with E-state index in [2.05, 4.69) is 28.0 Å². The Labute approximate surface area is 152 Å². The van der Waals surface area contributed by atoms with Gasteiger partial charge in [-0.3, -0.25) is 4.79 Å². The van der Waals surface area contributed by atoms with Gasteiger partial charge in [-0.05, 0) is 38.1 Å². The molecule has 0 N–H and O–H groups in total. The molecule has 6 nitrogen and oxygen atoms in total. The number of carbonyl (C=O) groups is 1. The Balaban J connectivity index is 1.69. The van der Waals surface area contributed by atoms with Gasteiger partial charge in [0.25, 0.3) is 5.91 Å². The molecule has 0 saturated heterocycles. The Bertz CT molecular complexity index is 934. The number of benzene rings is 2. The van der Waals surface area contributed by atoms with E-state index < -0.39 is 0 Å². The molecule has 0 saturated carbocycles. The quantitative estimate of drug-likeness (QED) is 0.731. The third kappa shape index (κ3) is 2.73. The normalized spacial score (nSPS) is 13.6. The smallest absolute Gasteiger partial charge is 0.298 e. The van der Waals surface area contributed by atoms with Crippen molar-refractivity contribution in [2.45, 2.75) is 13.8 Å². The van der Waals surface area contributed by atoms with Crippen molar-refractivity contribution in [1.29, 1.82) is 0 Å². The molecule has 26 heavy (non-hydrogen) atoms. The van der Waals surface area contributed by atoms with E-state index in [0.717, 1.165) is 30.2 Å². The molecule has 0 atom stereocenters. The molecule has 2 heterocycles. The predicted molar refractivity (Wildman–Crippen MR) is 102 cm³/mol. The second-order valence-electron chi connectivity index (χ2n) is 6.26.